The van der Waals surface area contributed by atoms with E-state index in [1.807, 2.05) is 0 Å². The van der Waals surface area contributed by atoms with Gasteiger partial charge in [0.05, 0.1) is 0 Å². The fourth-order valence-corrected chi connectivity index (χ4v) is 5.65. The van der Waals surface area contributed by atoms with Crippen LogP contribution in [0.4, 0.5) is 0 Å². The van der Waals surface area contributed by atoms with Crippen LogP contribution < -0.4 is 0 Å². The average molecular weight is 273 g/mol. The Labute approximate surface area is 103 Å². The van der Waals surface area contributed by atoms with E-state index >= 15 is 0 Å². The summed E-state index contributed by atoms with van der Waals surface area (Å²) in [6.45, 7) is 9.74. The molecule has 2 aliphatic rings. The van der Waals surface area contributed by atoms with Crippen molar-refractivity contribution in [1.29, 1.82) is 0 Å². The molecule has 1 unspecified atom stereocenters. The topological polar surface area (TPSA) is 0 Å². The highest BCUT2D eigenvalue weighted by Crippen LogP contribution is 2.75. The molecule has 0 saturated heterocycles. The van der Waals surface area contributed by atoms with Crippen molar-refractivity contribution >= 4 is 15.9 Å². The molecule has 0 bridgehead atoms. The van der Waals surface area contributed by atoms with Crippen molar-refractivity contribution in [3.8, 4) is 0 Å². The lowest BCUT2D eigenvalue weighted by molar-refractivity contribution is 0.176. The third-order valence-corrected chi connectivity index (χ3v) is 6.41. The number of alkyl halides is 1. The Morgan fingerprint density at radius 1 is 1.20 bits per heavy atom. The molecular formula is C14H25Br. The molecule has 2 aliphatic carbocycles. The van der Waals surface area contributed by atoms with Crippen LogP contribution in [0.25, 0.3) is 0 Å². The van der Waals surface area contributed by atoms with Crippen LogP contribution in [0.15, 0.2) is 0 Å². The van der Waals surface area contributed by atoms with Gasteiger partial charge >= 0.3 is 0 Å². The van der Waals surface area contributed by atoms with Gasteiger partial charge in [-0.15, -0.1) is 0 Å². The maximum absolute atomic E-state index is 3.71. The second-order valence-electron chi connectivity index (χ2n) is 6.67. The summed E-state index contributed by atoms with van der Waals surface area (Å²) < 4.78 is 0. The van der Waals surface area contributed by atoms with E-state index in [1.54, 1.807) is 0 Å². The maximum Gasteiger partial charge on any atom is 0.00704 e. The van der Waals surface area contributed by atoms with Crippen molar-refractivity contribution < 1.29 is 0 Å². The summed E-state index contributed by atoms with van der Waals surface area (Å²) >= 11 is 3.71. The van der Waals surface area contributed by atoms with E-state index in [4.69, 9.17) is 0 Å². The fraction of sp³-hybridized carbons (Fsp3) is 1.00. The lowest BCUT2D eigenvalue weighted by Crippen LogP contribution is -2.23. The summed E-state index contributed by atoms with van der Waals surface area (Å²) in [5.74, 6) is 2.84. The minimum absolute atomic E-state index is 0.610. The van der Waals surface area contributed by atoms with Gasteiger partial charge < -0.3 is 0 Å². The molecule has 88 valence electrons. The minimum Gasteiger partial charge on any atom is -0.0925 e. The Bertz CT molecular complexity index is 234. The quantitative estimate of drug-likeness (QED) is 0.630. The zero-order valence-electron chi connectivity index (χ0n) is 10.6. The lowest BCUT2D eigenvalue weighted by Gasteiger charge is -2.33. The fourth-order valence-electron chi connectivity index (χ4n) is 4.22. The smallest absolute Gasteiger partial charge is 0.00704 e. The predicted molar refractivity (Wildman–Crippen MR) is 70.3 cm³/mol. The third kappa shape index (κ3) is 1.61. The Hall–Kier alpha value is 0.480. The molecule has 0 N–H and O–H groups in total. The zero-order chi connectivity index (χ0) is 11.3. The van der Waals surface area contributed by atoms with Crippen LogP contribution in [-0.4, -0.2) is 5.33 Å². The first-order valence-electron chi connectivity index (χ1n) is 6.51. The van der Waals surface area contributed by atoms with Gasteiger partial charge in [0.1, 0.15) is 0 Å². The number of rotatable bonds is 2. The predicted octanol–water partition coefficient (Wildman–Crippen LogP) is 4.87. The molecule has 0 aromatic heterocycles. The molecule has 0 radical (unpaired) electrons. The molecule has 2 rings (SSSR count). The molecule has 1 atom stereocenters. The molecule has 0 heterocycles. The summed E-state index contributed by atoms with van der Waals surface area (Å²) in [6, 6.07) is 0. The minimum atomic E-state index is 0.610. The highest BCUT2D eigenvalue weighted by atomic mass is 79.9. The number of halogens is 1. The molecular weight excluding hydrogens is 248 g/mol. The summed E-state index contributed by atoms with van der Waals surface area (Å²) in [7, 11) is 0. The first-order chi connectivity index (χ1) is 6.95. The third-order valence-electron chi connectivity index (χ3n) is 5.76. The summed E-state index contributed by atoms with van der Waals surface area (Å²) in [5.41, 5.74) is 1.32. The first kappa shape index (κ1) is 12.0. The van der Waals surface area contributed by atoms with Crippen LogP contribution >= 0.6 is 15.9 Å². The van der Waals surface area contributed by atoms with Crippen LogP contribution in [0.1, 0.15) is 53.4 Å². The second kappa shape index (κ2) is 3.75. The van der Waals surface area contributed by atoms with Gasteiger partial charge in [0.2, 0.25) is 0 Å². The number of hydrogen-bond acceptors (Lipinski definition) is 0. The summed E-state index contributed by atoms with van der Waals surface area (Å²) in [6.07, 6.45) is 5.92. The second-order valence-corrected chi connectivity index (χ2v) is 7.31. The van der Waals surface area contributed by atoms with Gasteiger partial charge in [-0.1, -0.05) is 43.6 Å². The molecule has 2 saturated carbocycles. The van der Waals surface area contributed by atoms with Crippen LogP contribution in [-0.2, 0) is 0 Å². The van der Waals surface area contributed by atoms with Crippen molar-refractivity contribution in [2.45, 2.75) is 53.4 Å². The standard InChI is InChI=1S/C14H25Br/c1-10(2)11-5-7-14(8-6-11)12(9-15)13(14,3)4/h10-12H,5-9H2,1-4H3. The van der Waals surface area contributed by atoms with Gasteiger partial charge in [0.25, 0.3) is 0 Å². The Kier molecular flexibility index (Phi) is 2.99. The van der Waals surface area contributed by atoms with E-state index in [-0.39, 0.29) is 0 Å². The highest BCUT2D eigenvalue weighted by molar-refractivity contribution is 9.09. The van der Waals surface area contributed by atoms with E-state index in [0.29, 0.717) is 10.8 Å². The van der Waals surface area contributed by atoms with Gasteiger partial charge in [-0.25, -0.2) is 0 Å². The Morgan fingerprint density at radius 2 is 1.73 bits per heavy atom. The van der Waals surface area contributed by atoms with Crippen molar-refractivity contribution in [2.24, 2.45) is 28.6 Å². The lowest BCUT2D eigenvalue weighted by atomic mass is 9.72. The van der Waals surface area contributed by atoms with Gasteiger partial charge in [-0.3, -0.25) is 0 Å². The molecule has 0 aliphatic heterocycles. The number of hydrogen-bond donors (Lipinski definition) is 0. The molecule has 0 amide bonds. The van der Waals surface area contributed by atoms with E-state index in [2.05, 4.69) is 43.6 Å². The molecule has 0 nitrogen and oxygen atoms in total. The molecule has 1 spiro atoms. The average Bonchev–Trinajstić information content (AvgIpc) is 2.62. The molecule has 0 aromatic rings. The van der Waals surface area contributed by atoms with Crippen molar-refractivity contribution in [3.63, 3.8) is 0 Å². The van der Waals surface area contributed by atoms with E-state index in [9.17, 15) is 0 Å². The monoisotopic (exact) mass is 272 g/mol. The highest BCUT2D eigenvalue weighted by Gasteiger charge is 2.69. The van der Waals surface area contributed by atoms with Crippen molar-refractivity contribution in [2.75, 3.05) is 5.33 Å². The van der Waals surface area contributed by atoms with Crippen LogP contribution in [0.2, 0.25) is 0 Å². The molecule has 1 heteroatoms. The Morgan fingerprint density at radius 3 is 2.07 bits per heavy atom. The molecule has 0 aromatic carbocycles. The largest absolute Gasteiger partial charge is 0.0925 e. The first-order valence-corrected chi connectivity index (χ1v) is 7.64. The van der Waals surface area contributed by atoms with Gasteiger partial charge in [0.15, 0.2) is 0 Å². The van der Waals surface area contributed by atoms with E-state index < -0.39 is 0 Å². The van der Waals surface area contributed by atoms with E-state index in [0.717, 1.165) is 17.8 Å². The maximum atomic E-state index is 3.71. The zero-order valence-corrected chi connectivity index (χ0v) is 12.2. The van der Waals surface area contributed by atoms with Gasteiger partial charge in [-0.2, -0.15) is 0 Å². The van der Waals surface area contributed by atoms with Crippen molar-refractivity contribution in [1.82, 2.24) is 0 Å². The Balaban J connectivity index is 2.00. The van der Waals surface area contributed by atoms with Crippen molar-refractivity contribution in [3.05, 3.63) is 0 Å². The van der Waals surface area contributed by atoms with E-state index in [1.165, 1.54) is 31.0 Å². The van der Waals surface area contributed by atoms with Crippen LogP contribution in [0, 0.1) is 28.6 Å². The molecule has 2 fully saturated rings. The van der Waals surface area contributed by atoms with Crippen LogP contribution in [0.5, 0.6) is 0 Å². The summed E-state index contributed by atoms with van der Waals surface area (Å²) in [4.78, 5) is 0. The van der Waals surface area contributed by atoms with Gasteiger partial charge in [0, 0.05) is 5.33 Å². The van der Waals surface area contributed by atoms with Gasteiger partial charge in [-0.05, 0) is 54.3 Å². The normalized spacial score (nSPS) is 43.6. The van der Waals surface area contributed by atoms with Crippen LogP contribution in [0.3, 0.4) is 0 Å². The summed E-state index contributed by atoms with van der Waals surface area (Å²) in [5, 5.41) is 1.21. The molecule has 15 heavy (non-hydrogen) atoms. The SMILES string of the molecule is CC(C)C1CCC2(CC1)C(CBr)C2(C)C.